The SMILES string of the molecule is O=C1OC(=O)C2=C1C1SC2c2ccccc21. The van der Waals surface area contributed by atoms with Gasteiger partial charge in [-0.2, -0.15) is 0 Å². The van der Waals surface area contributed by atoms with E-state index in [0.717, 1.165) is 11.1 Å². The van der Waals surface area contributed by atoms with Crippen LogP contribution in [0, 0.1) is 0 Å². The fourth-order valence-corrected chi connectivity index (χ4v) is 4.34. The average Bonchev–Trinajstić information content (AvgIpc) is 2.91. The summed E-state index contributed by atoms with van der Waals surface area (Å²) < 4.78 is 4.68. The Kier molecular flexibility index (Phi) is 1.38. The maximum Gasteiger partial charge on any atom is 0.343 e. The highest BCUT2D eigenvalue weighted by Crippen LogP contribution is 2.65. The number of carbonyl (C=O) groups is 2. The first-order valence-corrected chi connectivity index (χ1v) is 5.96. The van der Waals surface area contributed by atoms with E-state index >= 15 is 0 Å². The fraction of sp³-hybridized carbons (Fsp3) is 0.167. The lowest BCUT2D eigenvalue weighted by Crippen LogP contribution is -2.06. The quantitative estimate of drug-likeness (QED) is 0.504. The summed E-state index contributed by atoms with van der Waals surface area (Å²) >= 11 is 1.66. The molecule has 0 saturated carbocycles. The van der Waals surface area contributed by atoms with Crippen LogP contribution in [0.3, 0.4) is 0 Å². The monoisotopic (exact) mass is 230 g/mol. The van der Waals surface area contributed by atoms with E-state index < -0.39 is 11.9 Å². The van der Waals surface area contributed by atoms with Gasteiger partial charge in [-0.05, 0) is 11.1 Å². The largest absolute Gasteiger partial charge is 0.386 e. The molecule has 1 aromatic carbocycles. The zero-order chi connectivity index (χ0) is 10.9. The van der Waals surface area contributed by atoms with Gasteiger partial charge in [0.25, 0.3) is 0 Å². The van der Waals surface area contributed by atoms with Crippen molar-refractivity contribution < 1.29 is 14.3 Å². The van der Waals surface area contributed by atoms with E-state index in [1.807, 2.05) is 24.3 Å². The Morgan fingerprint density at radius 1 is 0.938 bits per heavy atom. The van der Waals surface area contributed by atoms with Crippen molar-refractivity contribution in [3.63, 3.8) is 0 Å². The van der Waals surface area contributed by atoms with Crippen LogP contribution in [0.25, 0.3) is 0 Å². The molecule has 0 aromatic heterocycles. The van der Waals surface area contributed by atoms with Crippen LogP contribution in [0.1, 0.15) is 21.6 Å². The average molecular weight is 230 g/mol. The fourth-order valence-electron chi connectivity index (χ4n) is 2.63. The van der Waals surface area contributed by atoms with E-state index in [2.05, 4.69) is 4.74 Å². The molecule has 0 amide bonds. The molecular formula is C12H6O3S. The summed E-state index contributed by atoms with van der Waals surface area (Å²) in [5.74, 6) is -0.899. The number of hydrogen-bond acceptors (Lipinski definition) is 4. The van der Waals surface area contributed by atoms with E-state index in [4.69, 9.17) is 0 Å². The molecule has 78 valence electrons. The zero-order valence-corrected chi connectivity index (χ0v) is 8.91. The third-order valence-corrected chi connectivity index (χ3v) is 4.80. The van der Waals surface area contributed by atoms with E-state index in [1.54, 1.807) is 11.8 Å². The number of fused-ring (bicyclic) bond motifs is 7. The number of ether oxygens (including phenoxy) is 1. The molecule has 0 spiro atoms. The summed E-state index contributed by atoms with van der Waals surface area (Å²) in [6.07, 6.45) is 0. The van der Waals surface area contributed by atoms with Crippen LogP contribution in [0.5, 0.6) is 0 Å². The van der Waals surface area contributed by atoms with Gasteiger partial charge in [-0.1, -0.05) is 24.3 Å². The minimum Gasteiger partial charge on any atom is -0.386 e. The molecule has 0 saturated heterocycles. The number of hydrogen-bond donors (Lipinski definition) is 0. The summed E-state index contributed by atoms with van der Waals surface area (Å²) in [4.78, 5) is 23.1. The molecule has 0 fully saturated rings. The van der Waals surface area contributed by atoms with Gasteiger partial charge in [0.2, 0.25) is 0 Å². The van der Waals surface area contributed by atoms with Crippen molar-refractivity contribution in [1.29, 1.82) is 0 Å². The molecule has 3 nitrogen and oxygen atoms in total. The van der Waals surface area contributed by atoms with Crippen LogP contribution in [0.4, 0.5) is 0 Å². The summed E-state index contributed by atoms with van der Waals surface area (Å²) in [6, 6.07) is 7.96. The lowest BCUT2D eigenvalue weighted by molar-refractivity contribution is -0.151. The van der Waals surface area contributed by atoms with E-state index in [1.165, 1.54) is 0 Å². The van der Waals surface area contributed by atoms with Crippen molar-refractivity contribution in [3.05, 3.63) is 46.5 Å². The number of benzene rings is 1. The Morgan fingerprint density at radius 3 is 1.94 bits per heavy atom. The Hall–Kier alpha value is -1.55. The molecule has 4 heteroatoms. The standard InChI is InChI=1S/C12H6O3S/c13-11-7-8(12(14)15-11)10-6-4-2-1-3-5(6)9(7)16-10/h1-4,9-10H. The lowest BCUT2D eigenvalue weighted by Gasteiger charge is -2.11. The molecule has 16 heavy (non-hydrogen) atoms. The molecule has 1 aromatic rings. The van der Waals surface area contributed by atoms with Gasteiger partial charge in [-0.15, -0.1) is 11.8 Å². The zero-order valence-electron chi connectivity index (χ0n) is 8.10. The number of thioether (sulfide) groups is 1. The molecular weight excluding hydrogens is 224 g/mol. The summed E-state index contributed by atoms with van der Waals surface area (Å²) in [6.45, 7) is 0. The second-order valence-electron chi connectivity index (χ2n) is 4.03. The number of carbonyl (C=O) groups excluding carboxylic acids is 2. The van der Waals surface area contributed by atoms with Crippen LogP contribution < -0.4 is 0 Å². The smallest absolute Gasteiger partial charge is 0.343 e. The van der Waals surface area contributed by atoms with Crippen molar-refractivity contribution in [2.45, 2.75) is 10.5 Å². The summed E-state index contributed by atoms with van der Waals surface area (Å²) in [5.41, 5.74) is 3.48. The molecule has 0 radical (unpaired) electrons. The predicted molar refractivity (Wildman–Crippen MR) is 57.6 cm³/mol. The minimum absolute atomic E-state index is 0.00940. The van der Waals surface area contributed by atoms with Gasteiger partial charge in [-0.3, -0.25) is 0 Å². The van der Waals surface area contributed by atoms with Crippen molar-refractivity contribution in [2.75, 3.05) is 0 Å². The molecule has 0 N–H and O–H groups in total. The Bertz CT molecular complexity index is 539. The van der Waals surface area contributed by atoms with Crippen LogP contribution in [-0.2, 0) is 14.3 Å². The second kappa shape index (κ2) is 2.58. The molecule has 3 aliphatic rings. The van der Waals surface area contributed by atoms with Crippen LogP contribution in [0.15, 0.2) is 35.4 Å². The number of cyclic esters (lactones) is 2. The van der Waals surface area contributed by atoms with Crippen molar-refractivity contribution >= 4 is 23.7 Å². The predicted octanol–water partition coefficient (Wildman–Crippen LogP) is 1.91. The van der Waals surface area contributed by atoms with E-state index in [-0.39, 0.29) is 10.5 Å². The normalized spacial score (nSPS) is 29.5. The van der Waals surface area contributed by atoms with Crippen molar-refractivity contribution in [1.82, 2.24) is 0 Å². The highest BCUT2D eigenvalue weighted by atomic mass is 32.2. The molecule has 3 heterocycles. The van der Waals surface area contributed by atoms with E-state index in [0.29, 0.717) is 11.1 Å². The van der Waals surface area contributed by atoms with Crippen molar-refractivity contribution in [3.8, 4) is 0 Å². The van der Waals surface area contributed by atoms with Gasteiger partial charge in [0, 0.05) is 0 Å². The van der Waals surface area contributed by atoms with Crippen LogP contribution >= 0.6 is 11.8 Å². The molecule has 4 rings (SSSR count). The third kappa shape index (κ3) is 0.790. The summed E-state index contributed by atoms with van der Waals surface area (Å²) in [7, 11) is 0. The lowest BCUT2D eigenvalue weighted by atomic mass is 9.87. The Morgan fingerprint density at radius 2 is 1.44 bits per heavy atom. The van der Waals surface area contributed by atoms with Crippen molar-refractivity contribution in [2.24, 2.45) is 0 Å². The first kappa shape index (κ1) is 8.58. The summed E-state index contributed by atoms with van der Waals surface area (Å²) in [5, 5.41) is 0.0188. The number of rotatable bonds is 0. The topological polar surface area (TPSA) is 43.4 Å². The molecule has 3 aliphatic heterocycles. The highest BCUT2D eigenvalue weighted by Gasteiger charge is 2.53. The molecule has 2 unspecified atom stereocenters. The molecule has 2 atom stereocenters. The third-order valence-electron chi connectivity index (χ3n) is 3.27. The molecule has 0 aliphatic carbocycles. The first-order chi connectivity index (χ1) is 7.77. The second-order valence-corrected chi connectivity index (χ2v) is 5.24. The highest BCUT2D eigenvalue weighted by molar-refractivity contribution is 8.00. The maximum absolute atomic E-state index is 11.6. The van der Waals surface area contributed by atoms with Crippen LogP contribution in [0.2, 0.25) is 0 Å². The van der Waals surface area contributed by atoms with Gasteiger partial charge < -0.3 is 4.74 Å². The van der Waals surface area contributed by atoms with Gasteiger partial charge in [0.05, 0.1) is 21.6 Å². The van der Waals surface area contributed by atoms with Gasteiger partial charge in [-0.25, -0.2) is 9.59 Å². The Balaban J connectivity index is 1.99. The van der Waals surface area contributed by atoms with Gasteiger partial charge in [0.1, 0.15) is 0 Å². The maximum atomic E-state index is 11.6. The van der Waals surface area contributed by atoms with Gasteiger partial charge in [0.15, 0.2) is 0 Å². The first-order valence-electron chi connectivity index (χ1n) is 5.02. The Labute approximate surface area is 95.5 Å². The van der Waals surface area contributed by atoms with Gasteiger partial charge >= 0.3 is 11.9 Å². The molecule has 2 bridgehead atoms. The van der Waals surface area contributed by atoms with E-state index in [9.17, 15) is 9.59 Å². The number of esters is 2. The minimum atomic E-state index is -0.450. The van der Waals surface area contributed by atoms with Crippen LogP contribution in [-0.4, -0.2) is 11.9 Å².